The van der Waals surface area contributed by atoms with Gasteiger partial charge in [-0.05, 0) is 18.3 Å². The van der Waals surface area contributed by atoms with Crippen molar-refractivity contribution >= 4 is 18.7 Å². The average molecular weight is 297 g/mol. The Morgan fingerprint density at radius 1 is 1.09 bits per heavy atom. The molecule has 2 rings (SSSR count). The lowest BCUT2D eigenvalue weighted by Crippen LogP contribution is -2.15. The highest BCUT2D eigenvalue weighted by atomic mass is 16.5. The molecule has 0 bridgehead atoms. The highest BCUT2D eigenvalue weighted by Gasteiger charge is 2.24. The smallest absolute Gasteiger partial charge is 0.338 e. The summed E-state index contributed by atoms with van der Waals surface area (Å²) in [5, 5.41) is 9.15. The third kappa shape index (κ3) is 3.58. The van der Waals surface area contributed by atoms with Crippen LogP contribution in [0.15, 0.2) is 59.6 Å². The van der Waals surface area contributed by atoms with Crippen LogP contribution >= 0.6 is 0 Å². The largest absolute Gasteiger partial charge is 0.479 e. The van der Waals surface area contributed by atoms with E-state index < -0.39 is 18.0 Å². The molecule has 5 nitrogen and oxygen atoms in total. The highest BCUT2D eigenvalue weighted by molar-refractivity contribution is 5.93. The zero-order chi connectivity index (χ0) is 15.9. The Morgan fingerprint density at radius 3 is 2.36 bits per heavy atom. The maximum Gasteiger partial charge on any atom is 0.338 e. The fourth-order valence-electron chi connectivity index (χ4n) is 2.03. The molecule has 0 spiro atoms. The number of carboxylic acids is 1. The third-order valence-corrected chi connectivity index (χ3v) is 3.10. The molecule has 112 valence electrons. The number of aliphatic carboxylic acids is 1. The van der Waals surface area contributed by atoms with Crippen LogP contribution in [0.2, 0.25) is 0 Å². The summed E-state index contributed by atoms with van der Waals surface area (Å²) in [5.41, 5.74) is 1.30. The molecule has 0 unspecified atom stereocenters. The summed E-state index contributed by atoms with van der Waals surface area (Å²) < 4.78 is 5.24. The monoisotopic (exact) mass is 297 g/mol. The number of esters is 1. The predicted molar refractivity (Wildman–Crippen MR) is 81.9 cm³/mol. The summed E-state index contributed by atoms with van der Waals surface area (Å²) in [4.78, 5) is 27.0. The number of aliphatic imine (C=N–C) groups is 1. The number of ether oxygens (including phenoxy) is 1. The molecular formula is C17H15NO4. The molecule has 22 heavy (non-hydrogen) atoms. The van der Waals surface area contributed by atoms with Gasteiger partial charge in [0.1, 0.15) is 6.61 Å². The zero-order valence-corrected chi connectivity index (χ0v) is 11.8. The first-order chi connectivity index (χ1) is 10.6. The maximum absolute atomic E-state index is 12.2. The van der Waals surface area contributed by atoms with E-state index in [1.165, 1.54) is 12.1 Å². The molecule has 0 aliphatic heterocycles. The number of carbonyl (C=O) groups is 2. The van der Waals surface area contributed by atoms with Crippen LogP contribution in [-0.2, 0) is 16.1 Å². The summed E-state index contributed by atoms with van der Waals surface area (Å²) in [7, 11) is 0. The van der Waals surface area contributed by atoms with E-state index in [1.54, 1.807) is 12.1 Å². The Bertz CT molecular complexity index is 682. The number of benzene rings is 2. The first-order valence-electron chi connectivity index (χ1n) is 6.62. The van der Waals surface area contributed by atoms with E-state index in [2.05, 4.69) is 11.7 Å². The van der Waals surface area contributed by atoms with Crippen molar-refractivity contribution in [2.45, 2.75) is 12.6 Å². The Morgan fingerprint density at radius 2 is 1.73 bits per heavy atom. The number of carboxylic acid groups (broad SMARTS) is 1. The van der Waals surface area contributed by atoms with Crippen molar-refractivity contribution in [3.8, 4) is 0 Å². The van der Waals surface area contributed by atoms with E-state index in [0.29, 0.717) is 0 Å². The van der Waals surface area contributed by atoms with Crippen molar-refractivity contribution in [2.24, 2.45) is 4.99 Å². The van der Waals surface area contributed by atoms with Gasteiger partial charge in [0.05, 0.1) is 5.56 Å². The molecule has 0 amide bonds. The summed E-state index contributed by atoms with van der Waals surface area (Å²) in [6.07, 6.45) is 0. The average Bonchev–Trinajstić information content (AvgIpc) is 2.54. The zero-order valence-electron chi connectivity index (χ0n) is 11.8. The number of carbonyl (C=O) groups excluding carboxylic acids is 1. The second kappa shape index (κ2) is 7.17. The van der Waals surface area contributed by atoms with Crippen molar-refractivity contribution in [1.82, 2.24) is 0 Å². The lowest BCUT2D eigenvalue weighted by Gasteiger charge is -2.12. The molecule has 2 aromatic carbocycles. The van der Waals surface area contributed by atoms with Crippen LogP contribution < -0.4 is 0 Å². The lowest BCUT2D eigenvalue weighted by molar-refractivity contribution is -0.138. The van der Waals surface area contributed by atoms with Gasteiger partial charge in [-0.3, -0.25) is 4.99 Å². The van der Waals surface area contributed by atoms with E-state index in [4.69, 9.17) is 9.84 Å². The normalized spacial score (nSPS) is 11.5. The minimum Gasteiger partial charge on any atom is -0.479 e. The molecular weight excluding hydrogens is 282 g/mol. The molecule has 0 saturated carbocycles. The van der Waals surface area contributed by atoms with Gasteiger partial charge < -0.3 is 9.84 Å². The summed E-state index contributed by atoms with van der Waals surface area (Å²) in [6.45, 7) is 3.39. The highest BCUT2D eigenvalue weighted by Crippen LogP contribution is 2.22. The summed E-state index contributed by atoms with van der Waals surface area (Å²) in [6, 6.07) is 14.4. The van der Waals surface area contributed by atoms with Crippen molar-refractivity contribution < 1.29 is 19.4 Å². The Hall–Kier alpha value is -2.95. The van der Waals surface area contributed by atoms with E-state index >= 15 is 0 Å². The molecule has 0 heterocycles. The fraction of sp³-hybridized carbons (Fsp3) is 0.118. The molecule has 0 aliphatic carbocycles. The minimum atomic E-state index is -1.19. The molecule has 2 aromatic rings. The first kappa shape index (κ1) is 15.4. The van der Waals surface area contributed by atoms with E-state index in [-0.39, 0.29) is 17.7 Å². The van der Waals surface area contributed by atoms with E-state index in [0.717, 1.165) is 5.56 Å². The Kier molecular flexibility index (Phi) is 5.03. The maximum atomic E-state index is 12.2. The van der Waals surface area contributed by atoms with Gasteiger partial charge >= 0.3 is 11.9 Å². The third-order valence-electron chi connectivity index (χ3n) is 3.10. The van der Waals surface area contributed by atoms with E-state index in [9.17, 15) is 9.59 Å². The Balaban J connectivity index is 2.19. The number of hydrogen-bond donors (Lipinski definition) is 1. The van der Waals surface area contributed by atoms with Crippen molar-refractivity contribution in [3.05, 3.63) is 71.3 Å². The molecule has 5 heteroatoms. The molecule has 0 saturated heterocycles. The molecule has 0 aliphatic rings. The van der Waals surface area contributed by atoms with Crippen LogP contribution in [-0.4, -0.2) is 23.8 Å². The Labute approximate surface area is 127 Å². The molecule has 0 radical (unpaired) electrons. The van der Waals surface area contributed by atoms with Gasteiger partial charge in [-0.25, -0.2) is 9.59 Å². The lowest BCUT2D eigenvalue weighted by atomic mass is 10.0. The van der Waals surface area contributed by atoms with Gasteiger partial charge in [0.25, 0.3) is 0 Å². The minimum absolute atomic E-state index is 0.118. The topological polar surface area (TPSA) is 76.0 Å². The summed E-state index contributed by atoms with van der Waals surface area (Å²) >= 11 is 0. The van der Waals surface area contributed by atoms with Crippen molar-refractivity contribution in [1.29, 1.82) is 0 Å². The van der Waals surface area contributed by atoms with Crippen LogP contribution in [0.25, 0.3) is 0 Å². The van der Waals surface area contributed by atoms with Crippen LogP contribution in [0.4, 0.5) is 0 Å². The number of hydrogen-bond acceptors (Lipinski definition) is 4. The molecule has 1 N–H and O–H groups in total. The standard InChI is InChI=1S/C17H15NO4/c1-18-15(16(19)20)13-9-5-6-10-14(13)17(21)22-11-12-7-3-2-4-8-12/h2-10,15H,1,11H2,(H,19,20)/t15-/m0/s1. The second-order valence-corrected chi connectivity index (χ2v) is 4.57. The van der Waals surface area contributed by atoms with Gasteiger partial charge in [-0.1, -0.05) is 48.5 Å². The quantitative estimate of drug-likeness (QED) is 0.657. The number of nitrogens with zero attached hydrogens (tertiary/aromatic N) is 1. The van der Waals surface area contributed by atoms with Crippen molar-refractivity contribution in [2.75, 3.05) is 0 Å². The molecule has 0 aromatic heterocycles. The SMILES string of the molecule is C=N[C@H](C(=O)O)c1ccccc1C(=O)OCc1ccccc1. The van der Waals surface area contributed by atoms with Gasteiger partial charge in [-0.2, -0.15) is 0 Å². The van der Waals surface area contributed by atoms with Crippen LogP contribution in [0.1, 0.15) is 27.5 Å². The number of rotatable bonds is 6. The molecule has 1 atom stereocenters. The predicted octanol–water partition coefficient (Wildman–Crippen LogP) is 2.87. The first-order valence-corrected chi connectivity index (χ1v) is 6.62. The summed E-state index contributed by atoms with van der Waals surface area (Å²) in [5.74, 6) is -1.76. The van der Waals surface area contributed by atoms with Crippen LogP contribution in [0.3, 0.4) is 0 Å². The van der Waals surface area contributed by atoms with Gasteiger partial charge in [0, 0.05) is 5.56 Å². The van der Waals surface area contributed by atoms with E-state index in [1.807, 2.05) is 30.3 Å². The second-order valence-electron chi connectivity index (χ2n) is 4.57. The van der Waals surface area contributed by atoms with Crippen molar-refractivity contribution in [3.63, 3.8) is 0 Å². The fourth-order valence-corrected chi connectivity index (χ4v) is 2.03. The van der Waals surface area contributed by atoms with Crippen LogP contribution in [0, 0.1) is 0 Å². The van der Waals surface area contributed by atoms with Crippen LogP contribution in [0.5, 0.6) is 0 Å². The molecule has 0 fully saturated rings. The van der Waals surface area contributed by atoms with Gasteiger partial charge in [-0.15, -0.1) is 0 Å². The van der Waals surface area contributed by atoms with Gasteiger partial charge in [0.15, 0.2) is 6.04 Å². The van der Waals surface area contributed by atoms with Gasteiger partial charge in [0.2, 0.25) is 0 Å².